The van der Waals surface area contributed by atoms with E-state index in [4.69, 9.17) is 0 Å². The summed E-state index contributed by atoms with van der Waals surface area (Å²) < 4.78 is 0. The Bertz CT molecular complexity index is 931. The molecule has 1 aromatic rings. The third-order valence-corrected chi connectivity index (χ3v) is 10.7. The van der Waals surface area contributed by atoms with Crippen LogP contribution in [0.15, 0.2) is 18.3 Å². The van der Waals surface area contributed by atoms with E-state index in [9.17, 15) is 19.2 Å². The van der Waals surface area contributed by atoms with Gasteiger partial charge in [0.25, 0.3) is 5.91 Å². The first-order valence-corrected chi connectivity index (χ1v) is 17.2. The molecule has 3 atom stereocenters. The van der Waals surface area contributed by atoms with Crippen molar-refractivity contribution in [2.24, 2.45) is 0 Å². The summed E-state index contributed by atoms with van der Waals surface area (Å²) in [6, 6.07) is 4.09. The fourth-order valence-electron chi connectivity index (χ4n) is 4.52. The number of unbranched alkanes of at least 4 members (excludes halogenated alkanes) is 1. The number of aryl methyl sites for hydroxylation is 1. The van der Waals surface area contributed by atoms with E-state index in [2.05, 4.69) is 20.9 Å². The maximum absolute atomic E-state index is 12.2. The van der Waals surface area contributed by atoms with Crippen LogP contribution in [0.3, 0.4) is 0 Å². The van der Waals surface area contributed by atoms with Gasteiger partial charge in [0.1, 0.15) is 11.6 Å². The fraction of sp³-hybridized carbons (Fsp3) is 0.667. The van der Waals surface area contributed by atoms with Gasteiger partial charge in [-0.25, -0.2) is 4.79 Å². The lowest BCUT2D eigenvalue weighted by atomic mass is 10.0. The zero-order chi connectivity index (χ0) is 27.2. The van der Waals surface area contributed by atoms with Crippen molar-refractivity contribution in [3.8, 4) is 0 Å². The monoisotopic (exact) mass is 580 g/mol. The summed E-state index contributed by atoms with van der Waals surface area (Å²) in [4.78, 5) is 52.0. The van der Waals surface area contributed by atoms with E-state index in [1.807, 2.05) is 24.8 Å². The van der Waals surface area contributed by atoms with Crippen molar-refractivity contribution < 1.29 is 19.2 Å². The SMILES string of the molecule is CCc1ccc(C(=O)NCCCC(=O)CCSSCCCC(=O)CCCC[C@@H]2SCC3NC(=O)NC32)cn1. The van der Waals surface area contributed by atoms with E-state index in [0.29, 0.717) is 55.2 Å². The molecule has 0 aliphatic carbocycles. The molecule has 2 aliphatic rings. The third-order valence-electron chi connectivity index (χ3n) is 6.73. The van der Waals surface area contributed by atoms with Crippen LogP contribution in [0.5, 0.6) is 0 Å². The zero-order valence-corrected chi connectivity index (χ0v) is 24.6. The van der Waals surface area contributed by atoms with Crippen LogP contribution in [0.2, 0.25) is 0 Å². The Balaban J connectivity index is 1.09. The molecule has 8 nitrogen and oxygen atoms in total. The van der Waals surface area contributed by atoms with Crippen molar-refractivity contribution in [1.29, 1.82) is 0 Å². The molecule has 3 N–H and O–H groups in total. The molecule has 0 bridgehead atoms. The summed E-state index contributed by atoms with van der Waals surface area (Å²) in [6.07, 6.45) is 9.21. The van der Waals surface area contributed by atoms with Crippen molar-refractivity contribution in [3.63, 3.8) is 0 Å². The van der Waals surface area contributed by atoms with Crippen LogP contribution in [0, 0.1) is 0 Å². The second-order valence-electron chi connectivity index (χ2n) is 9.69. The second kappa shape index (κ2) is 17.1. The van der Waals surface area contributed by atoms with E-state index >= 15 is 0 Å². The summed E-state index contributed by atoms with van der Waals surface area (Å²) in [6.45, 7) is 2.50. The molecule has 2 aliphatic heterocycles. The predicted octanol–water partition coefficient (Wildman–Crippen LogP) is 4.57. The number of pyridine rings is 1. The number of hydrogen-bond donors (Lipinski definition) is 3. The first-order chi connectivity index (χ1) is 18.5. The first kappa shape index (κ1) is 30.8. The standard InChI is InChI=1S/C27H40N4O4S3/c1-2-20-12-11-19(17-29-20)26(34)28-14-5-8-22(33)13-16-38-37-15-6-9-21(32)7-3-4-10-24-25-23(18-36-24)30-27(35)31-25/h11-12,17,23-25H,2-10,13-16,18H2,1H3,(H,28,34)(H2,30,31,35)/t23?,24-,25?/m0/s1. The topological polar surface area (TPSA) is 117 Å². The minimum atomic E-state index is -0.155. The average Bonchev–Trinajstić information content (AvgIpc) is 3.47. The molecule has 2 saturated heterocycles. The maximum Gasteiger partial charge on any atom is 0.315 e. The van der Waals surface area contributed by atoms with E-state index in [0.717, 1.165) is 55.1 Å². The Hall–Kier alpha value is -1.72. The lowest BCUT2D eigenvalue weighted by Crippen LogP contribution is -2.36. The number of carbonyl (C=O) groups is 4. The van der Waals surface area contributed by atoms with Crippen LogP contribution < -0.4 is 16.0 Å². The minimum Gasteiger partial charge on any atom is -0.352 e. The number of ketones is 2. The van der Waals surface area contributed by atoms with Crippen LogP contribution in [-0.4, -0.2) is 69.6 Å². The van der Waals surface area contributed by atoms with Crippen LogP contribution in [0.25, 0.3) is 0 Å². The van der Waals surface area contributed by atoms with Gasteiger partial charge >= 0.3 is 6.03 Å². The van der Waals surface area contributed by atoms with Gasteiger partial charge in [0.15, 0.2) is 0 Å². The largest absolute Gasteiger partial charge is 0.352 e. The van der Waals surface area contributed by atoms with Gasteiger partial charge in [-0.05, 0) is 44.2 Å². The highest BCUT2D eigenvalue weighted by atomic mass is 33.1. The highest BCUT2D eigenvalue weighted by Gasteiger charge is 2.42. The number of nitrogens with one attached hydrogen (secondary N) is 3. The molecule has 3 heterocycles. The number of aromatic nitrogens is 1. The Morgan fingerprint density at radius 1 is 1.00 bits per heavy atom. The van der Waals surface area contributed by atoms with Crippen LogP contribution in [0.4, 0.5) is 4.79 Å². The number of urea groups is 1. The van der Waals surface area contributed by atoms with Crippen LogP contribution >= 0.6 is 33.3 Å². The normalized spacial score (nSPS) is 20.0. The van der Waals surface area contributed by atoms with Crippen LogP contribution in [-0.2, 0) is 16.0 Å². The Kier molecular flexibility index (Phi) is 13.8. The molecule has 0 saturated carbocycles. The summed E-state index contributed by atoms with van der Waals surface area (Å²) in [5.41, 5.74) is 1.50. The summed E-state index contributed by atoms with van der Waals surface area (Å²) in [5.74, 6) is 3.06. The fourth-order valence-corrected chi connectivity index (χ4v) is 8.18. The predicted molar refractivity (Wildman–Crippen MR) is 158 cm³/mol. The molecular weight excluding hydrogens is 541 g/mol. The number of amides is 3. The van der Waals surface area contributed by atoms with E-state index in [1.165, 1.54) is 0 Å². The number of rotatable bonds is 19. The summed E-state index contributed by atoms with van der Waals surface area (Å²) in [7, 11) is 3.42. The van der Waals surface area contributed by atoms with Gasteiger partial charge in [-0.2, -0.15) is 11.8 Å². The van der Waals surface area contributed by atoms with Crippen molar-refractivity contribution >= 4 is 56.9 Å². The smallest absolute Gasteiger partial charge is 0.315 e. The number of carbonyl (C=O) groups excluding carboxylic acids is 4. The highest BCUT2D eigenvalue weighted by molar-refractivity contribution is 8.76. The lowest BCUT2D eigenvalue weighted by molar-refractivity contribution is -0.119. The van der Waals surface area contributed by atoms with Gasteiger partial charge in [-0.3, -0.25) is 19.4 Å². The third kappa shape index (κ3) is 10.8. The Morgan fingerprint density at radius 2 is 1.76 bits per heavy atom. The van der Waals surface area contributed by atoms with Gasteiger partial charge in [0.2, 0.25) is 0 Å². The van der Waals surface area contributed by atoms with E-state index < -0.39 is 0 Å². The van der Waals surface area contributed by atoms with Gasteiger partial charge < -0.3 is 16.0 Å². The van der Waals surface area contributed by atoms with Crippen molar-refractivity contribution in [2.45, 2.75) is 88.5 Å². The molecule has 3 rings (SSSR count). The van der Waals surface area contributed by atoms with Gasteiger partial charge in [-0.1, -0.05) is 34.9 Å². The van der Waals surface area contributed by atoms with E-state index in [-0.39, 0.29) is 29.8 Å². The molecule has 0 radical (unpaired) electrons. The average molecular weight is 581 g/mol. The Morgan fingerprint density at radius 3 is 2.55 bits per heavy atom. The molecule has 1 aromatic heterocycles. The minimum absolute atomic E-state index is 0.0480. The number of thioether (sulfide) groups is 1. The molecule has 2 fully saturated rings. The highest BCUT2D eigenvalue weighted by Crippen LogP contribution is 2.33. The quantitative estimate of drug-likeness (QED) is 0.124. The summed E-state index contributed by atoms with van der Waals surface area (Å²) >= 11 is 1.92. The molecule has 3 amide bonds. The first-order valence-electron chi connectivity index (χ1n) is 13.7. The van der Waals surface area contributed by atoms with Gasteiger partial charge in [0.05, 0.1) is 17.6 Å². The molecular formula is C27H40N4O4S3. The molecule has 0 spiro atoms. The molecule has 0 aromatic carbocycles. The van der Waals surface area contributed by atoms with E-state index in [1.54, 1.807) is 33.9 Å². The summed E-state index contributed by atoms with van der Waals surface area (Å²) in [5, 5.41) is 9.28. The number of fused-ring (bicyclic) bond motifs is 1. The maximum atomic E-state index is 12.2. The van der Waals surface area contributed by atoms with Crippen LogP contribution in [0.1, 0.15) is 80.8 Å². The van der Waals surface area contributed by atoms with Crippen molar-refractivity contribution in [3.05, 3.63) is 29.6 Å². The Labute approximate surface area is 238 Å². The molecule has 11 heteroatoms. The molecule has 38 heavy (non-hydrogen) atoms. The second-order valence-corrected chi connectivity index (χ2v) is 13.7. The van der Waals surface area contributed by atoms with Crippen molar-refractivity contribution in [2.75, 3.05) is 23.8 Å². The number of Topliss-reactive ketones (excluding diaryl/α,β-unsaturated/α-hetero) is 2. The van der Waals surface area contributed by atoms with Crippen molar-refractivity contribution in [1.82, 2.24) is 20.9 Å². The van der Waals surface area contributed by atoms with Gasteiger partial charge in [-0.15, -0.1) is 0 Å². The number of nitrogens with zero attached hydrogens (tertiary/aromatic N) is 1. The zero-order valence-electron chi connectivity index (χ0n) is 22.2. The van der Waals surface area contributed by atoms with Gasteiger partial charge in [0, 0.05) is 66.6 Å². The number of hydrogen-bond acceptors (Lipinski definition) is 8. The lowest BCUT2D eigenvalue weighted by Gasteiger charge is -2.16. The molecule has 2 unspecified atom stereocenters. The molecule has 210 valence electrons.